The lowest BCUT2D eigenvalue weighted by molar-refractivity contribution is -0.0766. The number of pyridine rings is 1. The zero-order chi connectivity index (χ0) is 20.0. The van der Waals surface area contributed by atoms with Gasteiger partial charge in [-0.1, -0.05) is 0 Å². The number of aromatic nitrogens is 1. The first kappa shape index (κ1) is 20.1. The molecule has 0 radical (unpaired) electrons. The van der Waals surface area contributed by atoms with Gasteiger partial charge in [0.1, 0.15) is 11.3 Å². The monoisotopic (exact) mass is 439 g/mol. The number of anilines is 1. The highest BCUT2D eigenvalue weighted by Gasteiger charge is 2.53. The molecule has 27 heavy (non-hydrogen) atoms. The minimum absolute atomic E-state index is 0.0635. The number of rotatable bonds is 2. The second-order valence-electron chi connectivity index (χ2n) is 8.43. The maximum Gasteiger partial charge on any atom is 0.412 e. The minimum atomic E-state index is -0.753. The lowest BCUT2D eigenvalue weighted by Gasteiger charge is -2.39. The second kappa shape index (κ2) is 7.05. The predicted octanol–water partition coefficient (Wildman–Crippen LogP) is 3.61. The van der Waals surface area contributed by atoms with Crippen LogP contribution in [-0.2, 0) is 9.47 Å². The van der Waals surface area contributed by atoms with E-state index in [2.05, 4.69) is 25.8 Å². The van der Waals surface area contributed by atoms with E-state index in [1.165, 1.54) is 0 Å². The molecule has 2 aliphatic rings. The Kier molecular flexibility index (Phi) is 5.24. The molecule has 148 valence electrons. The van der Waals surface area contributed by atoms with Crippen LogP contribution >= 0.6 is 15.9 Å². The third-order valence-electron chi connectivity index (χ3n) is 4.81. The van der Waals surface area contributed by atoms with Crippen molar-refractivity contribution in [1.82, 2.24) is 9.88 Å². The van der Waals surface area contributed by atoms with Crippen LogP contribution in [0, 0.1) is 0 Å². The van der Waals surface area contributed by atoms with Crippen molar-refractivity contribution in [1.29, 1.82) is 0 Å². The van der Waals surface area contributed by atoms with Crippen molar-refractivity contribution in [3.05, 3.63) is 22.4 Å². The summed E-state index contributed by atoms with van der Waals surface area (Å²) in [5.74, 6) is 0. The molecular formula is C19H26BrN3O4. The quantitative estimate of drug-likeness (QED) is 0.655. The van der Waals surface area contributed by atoms with Crippen LogP contribution in [0.1, 0.15) is 51.4 Å². The Bertz CT molecular complexity index is 747. The molecule has 1 amide bonds. The lowest BCUT2D eigenvalue weighted by atomic mass is 10.00. The van der Waals surface area contributed by atoms with Crippen LogP contribution in [0.4, 0.5) is 10.5 Å². The zero-order valence-corrected chi connectivity index (χ0v) is 17.9. The maximum absolute atomic E-state index is 12.8. The average Bonchev–Trinajstić information content (AvgIpc) is 2.81. The number of nitrogens with zero attached hydrogens (tertiary/aromatic N) is 3. The Labute approximate surface area is 168 Å². The van der Waals surface area contributed by atoms with Gasteiger partial charge in [-0.2, -0.15) is 0 Å². The average molecular weight is 440 g/mol. The fourth-order valence-corrected chi connectivity index (χ4v) is 4.47. The molecule has 2 aliphatic heterocycles. The van der Waals surface area contributed by atoms with E-state index in [0.717, 1.165) is 22.9 Å². The molecule has 2 atom stereocenters. The van der Waals surface area contributed by atoms with Crippen molar-refractivity contribution in [2.24, 2.45) is 0 Å². The summed E-state index contributed by atoms with van der Waals surface area (Å²) in [7, 11) is 0. The SMILES string of the molecule is CC(C)(C)OC(=O)N1[C@@H]2CCN(c3c(Br)cncc3C=O)C[C@@H]2OC1(C)C. The van der Waals surface area contributed by atoms with Crippen LogP contribution in [-0.4, -0.2) is 58.8 Å². The van der Waals surface area contributed by atoms with E-state index in [4.69, 9.17) is 9.47 Å². The second-order valence-corrected chi connectivity index (χ2v) is 9.29. The number of halogens is 1. The fraction of sp³-hybridized carbons (Fsp3) is 0.632. The molecule has 3 rings (SSSR count). The van der Waals surface area contributed by atoms with Crippen molar-refractivity contribution in [3.8, 4) is 0 Å². The van der Waals surface area contributed by atoms with Crippen LogP contribution < -0.4 is 4.90 Å². The molecule has 2 saturated heterocycles. The summed E-state index contributed by atoms with van der Waals surface area (Å²) >= 11 is 3.50. The molecule has 7 nitrogen and oxygen atoms in total. The summed E-state index contributed by atoms with van der Waals surface area (Å²) in [5.41, 5.74) is 0.0308. The highest BCUT2D eigenvalue weighted by Crippen LogP contribution is 2.40. The molecule has 0 spiro atoms. The van der Waals surface area contributed by atoms with E-state index in [9.17, 15) is 9.59 Å². The van der Waals surface area contributed by atoms with E-state index in [-0.39, 0.29) is 18.2 Å². The molecule has 0 unspecified atom stereocenters. The van der Waals surface area contributed by atoms with Gasteiger partial charge in [0.05, 0.1) is 27.9 Å². The Morgan fingerprint density at radius 2 is 2.11 bits per heavy atom. The van der Waals surface area contributed by atoms with E-state index in [1.807, 2.05) is 34.6 Å². The van der Waals surface area contributed by atoms with Gasteiger partial charge in [-0.15, -0.1) is 0 Å². The molecular weight excluding hydrogens is 414 g/mol. The van der Waals surface area contributed by atoms with Gasteiger partial charge in [0, 0.05) is 25.5 Å². The summed E-state index contributed by atoms with van der Waals surface area (Å²) in [6.45, 7) is 10.6. The molecule has 0 saturated carbocycles. The molecule has 0 bridgehead atoms. The number of hydrogen-bond acceptors (Lipinski definition) is 6. The standard InChI is InChI=1S/C19H26BrN3O4/c1-18(2,3)27-17(25)23-14-6-7-22(10-15(14)26-19(23,4)5)16-12(11-24)8-21-9-13(16)20/h8-9,11,14-15H,6-7,10H2,1-5H3/t14-,15+/m1/s1. The number of fused-ring (bicyclic) bond motifs is 1. The first-order valence-corrected chi connectivity index (χ1v) is 9.86. The van der Waals surface area contributed by atoms with Crippen LogP contribution in [0.5, 0.6) is 0 Å². The molecule has 8 heteroatoms. The molecule has 0 aromatic carbocycles. The number of amides is 1. The van der Waals surface area contributed by atoms with Gasteiger partial charge in [0.25, 0.3) is 0 Å². The Hall–Kier alpha value is -1.67. The van der Waals surface area contributed by atoms with E-state index >= 15 is 0 Å². The number of carbonyl (C=O) groups is 2. The number of ether oxygens (including phenoxy) is 2. The van der Waals surface area contributed by atoms with Crippen molar-refractivity contribution in [3.63, 3.8) is 0 Å². The van der Waals surface area contributed by atoms with Crippen LogP contribution in [0.15, 0.2) is 16.9 Å². The summed E-state index contributed by atoms with van der Waals surface area (Å²) < 4.78 is 12.6. The van der Waals surface area contributed by atoms with Crippen LogP contribution in [0.25, 0.3) is 0 Å². The largest absolute Gasteiger partial charge is 0.444 e. The van der Waals surface area contributed by atoms with Crippen molar-refractivity contribution < 1.29 is 19.1 Å². The molecule has 1 aromatic rings. The molecule has 0 aliphatic carbocycles. The molecule has 2 fully saturated rings. The topological polar surface area (TPSA) is 72.0 Å². The highest BCUT2D eigenvalue weighted by molar-refractivity contribution is 9.10. The van der Waals surface area contributed by atoms with Gasteiger partial charge in [-0.25, -0.2) is 4.79 Å². The Morgan fingerprint density at radius 1 is 1.41 bits per heavy atom. The van der Waals surface area contributed by atoms with Gasteiger partial charge in [-0.3, -0.25) is 14.7 Å². The van der Waals surface area contributed by atoms with Gasteiger partial charge < -0.3 is 14.4 Å². The number of hydrogen-bond donors (Lipinski definition) is 0. The van der Waals surface area contributed by atoms with E-state index in [1.54, 1.807) is 17.3 Å². The van der Waals surface area contributed by atoms with Crippen LogP contribution in [0.3, 0.4) is 0 Å². The van der Waals surface area contributed by atoms with Gasteiger partial charge in [0.2, 0.25) is 0 Å². The summed E-state index contributed by atoms with van der Waals surface area (Å²) in [6, 6.07) is -0.0635. The summed E-state index contributed by atoms with van der Waals surface area (Å²) in [4.78, 5) is 32.1. The normalized spacial score (nSPS) is 24.5. The Balaban J connectivity index is 1.83. The molecule has 3 heterocycles. The predicted molar refractivity (Wildman–Crippen MR) is 105 cm³/mol. The van der Waals surface area contributed by atoms with Crippen LogP contribution in [0.2, 0.25) is 0 Å². The van der Waals surface area contributed by atoms with Gasteiger partial charge >= 0.3 is 6.09 Å². The van der Waals surface area contributed by atoms with Gasteiger partial charge in [0.15, 0.2) is 6.29 Å². The number of carbonyl (C=O) groups excluding carboxylic acids is 2. The molecule has 0 N–H and O–H groups in total. The fourth-order valence-electron chi connectivity index (χ4n) is 3.87. The van der Waals surface area contributed by atoms with Crippen molar-refractivity contribution in [2.75, 3.05) is 18.0 Å². The smallest absolute Gasteiger partial charge is 0.412 e. The molecule has 1 aromatic heterocycles. The first-order chi connectivity index (χ1) is 12.5. The highest BCUT2D eigenvalue weighted by atomic mass is 79.9. The lowest BCUT2D eigenvalue weighted by Crippen LogP contribution is -2.54. The number of piperidine rings is 1. The third kappa shape index (κ3) is 3.96. The minimum Gasteiger partial charge on any atom is -0.444 e. The zero-order valence-electron chi connectivity index (χ0n) is 16.4. The summed E-state index contributed by atoms with van der Waals surface area (Å²) in [6.07, 6.45) is 4.26. The van der Waals surface area contributed by atoms with E-state index < -0.39 is 11.3 Å². The van der Waals surface area contributed by atoms with Crippen molar-refractivity contribution >= 4 is 34.0 Å². The summed E-state index contributed by atoms with van der Waals surface area (Å²) in [5, 5.41) is 0. The van der Waals surface area contributed by atoms with E-state index in [0.29, 0.717) is 18.7 Å². The van der Waals surface area contributed by atoms with Crippen molar-refractivity contribution in [2.45, 2.75) is 64.5 Å². The first-order valence-electron chi connectivity index (χ1n) is 9.07. The van der Waals surface area contributed by atoms with Gasteiger partial charge in [-0.05, 0) is 57.0 Å². The third-order valence-corrected chi connectivity index (χ3v) is 5.39. The Morgan fingerprint density at radius 3 is 2.74 bits per heavy atom. The maximum atomic E-state index is 12.8. The number of aldehydes is 1.